The third kappa shape index (κ3) is 4.99. The topological polar surface area (TPSA) is 70.8 Å². The second kappa shape index (κ2) is 8.93. The highest BCUT2D eigenvalue weighted by molar-refractivity contribution is 5.76. The molecule has 0 spiro atoms. The van der Waals surface area contributed by atoms with Gasteiger partial charge in [-0.15, -0.1) is 0 Å². The first kappa shape index (κ1) is 17.8. The van der Waals surface area contributed by atoms with Crippen molar-refractivity contribution >= 4 is 5.97 Å². The lowest BCUT2D eigenvalue weighted by molar-refractivity contribution is -0.144. The van der Waals surface area contributed by atoms with E-state index >= 15 is 0 Å². The Morgan fingerprint density at radius 1 is 1.17 bits per heavy atom. The standard InChI is InChI=1S/C19H23NO4/c1-3-23-19(21)17(20)11-15-9-10-16(12-18(15)22-2)24-13-14-7-5-4-6-8-14/h4-10,12,17H,3,11,13,20H2,1-2H3. The second-order valence-corrected chi connectivity index (χ2v) is 5.31. The summed E-state index contributed by atoms with van der Waals surface area (Å²) in [5, 5.41) is 0. The van der Waals surface area contributed by atoms with Crippen LogP contribution in [0.3, 0.4) is 0 Å². The fourth-order valence-electron chi connectivity index (χ4n) is 2.29. The molecular formula is C19H23NO4. The van der Waals surface area contributed by atoms with Crippen LogP contribution in [-0.2, 0) is 22.6 Å². The van der Waals surface area contributed by atoms with Crippen molar-refractivity contribution in [3.8, 4) is 11.5 Å². The van der Waals surface area contributed by atoms with Gasteiger partial charge in [-0.25, -0.2) is 0 Å². The summed E-state index contributed by atoms with van der Waals surface area (Å²) in [5.74, 6) is 0.924. The van der Waals surface area contributed by atoms with Crippen LogP contribution in [0.4, 0.5) is 0 Å². The van der Waals surface area contributed by atoms with Crippen molar-refractivity contribution in [2.75, 3.05) is 13.7 Å². The lowest BCUT2D eigenvalue weighted by atomic mass is 10.1. The van der Waals surface area contributed by atoms with E-state index in [4.69, 9.17) is 19.9 Å². The summed E-state index contributed by atoms with van der Waals surface area (Å²) in [7, 11) is 1.58. The first-order valence-corrected chi connectivity index (χ1v) is 7.90. The predicted molar refractivity (Wildman–Crippen MR) is 92.1 cm³/mol. The Bertz CT molecular complexity index is 658. The normalized spacial score (nSPS) is 11.6. The van der Waals surface area contributed by atoms with Gasteiger partial charge in [-0.1, -0.05) is 36.4 Å². The highest BCUT2D eigenvalue weighted by atomic mass is 16.5. The smallest absolute Gasteiger partial charge is 0.323 e. The number of ether oxygens (including phenoxy) is 3. The minimum Gasteiger partial charge on any atom is -0.496 e. The molecule has 0 aliphatic rings. The zero-order valence-corrected chi connectivity index (χ0v) is 14.0. The molecule has 2 rings (SSSR count). The van der Waals surface area contributed by atoms with E-state index in [9.17, 15) is 4.79 Å². The lowest BCUT2D eigenvalue weighted by Crippen LogP contribution is -2.34. The average Bonchev–Trinajstić information content (AvgIpc) is 2.61. The van der Waals surface area contributed by atoms with Gasteiger partial charge in [-0.3, -0.25) is 4.79 Å². The van der Waals surface area contributed by atoms with Crippen LogP contribution in [0.25, 0.3) is 0 Å². The maximum Gasteiger partial charge on any atom is 0.323 e. The molecule has 5 nitrogen and oxygen atoms in total. The van der Waals surface area contributed by atoms with Gasteiger partial charge in [-0.05, 0) is 24.1 Å². The summed E-state index contributed by atoms with van der Waals surface area (Å²) in [5.41, 5.74) is 7.80. The molecule has 0 heterocycles. The van der Waals surface area contributed by atoms with Gasteiger partial charge < -0.3 is 19.9 Å². The van der Waals surface area contributed by atoms with Crippen molar-refractivity contribution in [1.29, 1.82) is 0 Å². The third-order valence-corrected chi connectivity index (χ3v) is 3.54. The highest BCUT2D eigenvalue weighted by Gasteiger charge is 2.17. The number of hydrogen-bond donors (Lipinski definition) is 1. The maximum absolute atomic E-state index is 11.7. The maximum atomic E-state index is 11.7. The number of carbonyl (C=O) groups is 1. The molecule has 0 amide bonds. The SMILES string of the molecule is CCOC(=O)C(N)Cc1ccc(OCc2ccccc2)cc1OC. The van der Waals surface area contributed by atoms with Gasteiger partial charge in [0.2, 0.25) is 0 Å². The van der Waals surface area contributed by atoms with Crippen LogP contribution in [0.2, 0.25) is 0 Å². The Kier molecular flexibility index (Phi) is 6.63. The molecule has 0 saturated carbocycles. The molecule has 0 bridgehead atoms. The van der Waals surface area contributed by atoms with Gasteiger partial charge in [0, 0.05) is 12.5 Å². The van der Waals surface area contributed by atoms with Gasteiger partial charge in [0.25, 0.3) is 0 Å². The van der Waals surface area contributed by atoms with Gasteiger partial charge >= 0.3 is 5.97 Å². The zero-order chi connectivity index (χ0) is 17.4. The molecule has 0 aliphatic carbocycles. The fraction of sp³-hybridized carbons (Fsp3) is 0.316. The van der Waals surface area contributed by atoms with Gasteiger partial charge in [0.05, 0.1) is 13.7 Å². The molecule has 2 aromatic carbocycles. The van der Waals surface area contributed by atoms with Crippen LogP contribution in [0.1, 0.15) is 18.1 Å². The van der Waals surface area contributed by atoms with E-state index in [2.05, 4.69) is 0 Å². The van der Waals surface area contributed by atoms with Crippen molar-refractivity contribution < 1.29 is 19.0 Å². The van der Waals surface area contributed by atoms with E-state index in [0.29, 0.717) is 31.1 Å². The third-order valence-electron chi connectivity index (χ3n) is 3.54. The van der Waals surface area contributed by atoms with Crippen LogP contribution < -0.4 is 15.2 Å². The molecule has 0 aliphatic heterocycles. The van der Waals surface area contributed by atoms with E-state index in [1.165, 1.54) is 0 Å². The molecule has 0 fully saturated rings. The molecule has 0 saturated heterocycles. The molecule has 1 unspecified atom stereocenters. The number of rotatable bonds is 8. The summed E-state index contributed by atoms with van der Waals surface area (Å²) >= 11 is 0. The Hall–Kier alpha value is -2.53. The van der Waals surface area contributed by atoms with E-state index in [-0.39, 0.29) is 0 Å². The van der Waals surface area contributed by atoms with Gasteiger partial charge in [-0.2, -0.15) is 0 Å². The highest BCUT2D eigenvalue weighted by Crippen LogP contribution is 2.26. The summed E-state index contributed by atoms with van der Waals surface area (Å²) in [6.07, 6.45) is 0.348. The summed E-state index contributed by atoms with van der Waals surface area (Å²) in [6.45, 7) is 2.55. The first-order chi connectivity index (χ1) is 11.6. The minimum atomic E-state index is -0.713. The molecule has 2 aromatic rings. The van der Waals surface area contributed by atoms with Crippen molar-refractivity contribution in [2.45, 2.75) is 26.0 Å². The molecule has 1 atom stereocenters. The number of nitrogens with two attached hydrogens (primary N) is 1. The largest absolute Gasteiger partial charge is 0.496 e. The second-order valence-electron chi connectivity index (χ2n) is 5.31. The van der Waals surface area contributed by atoms with Crippen LogP contribution in [-0.4, -0.2) is 25.7 Å². The Morgan fingerprint density at radius 2 is 1.92 bits per heavy atom. The van der Waals surface area contributed by atoms with Crippen molar-refractivity contribution in [3.63, 3.8) is 0 Å². The van der Waals surface area contributed by atoms with Gasteiger partial charge in [0.15, 0.2) is 0 Å². The van der Waals surface area contributed by atoms with Crippen LogP contribution >= 0.6 is 0 Å². The van der Waals surface area contributed by atoms with Gasteiger partial charge in [0.1, 0.15) is 24.1 Å². The van der Waals surface area contributed by atoms with Crippen LogP contribution in [0.5, 0.6) is 11.5 Å². The number of esters is 1. The monoisotopic (exact) mass is 329 g/mol. The predicted octanol–water partition coefficient (Wildman–Crippen LogP) is 2.71. The molecule has 0 radical (unpaired) electrons. The number of hydrogen-bond acceptors (Lipinski definition) is 5. The van der Waals surface area contributed by atoms with Crippen LogP contribution in [0, 0.1) is 0 Å². The molecular weight excluding hydrogens is 306 g/mol. The summed E-state index contributed by atoms with van der Waals surface area (Å²) in [4.78, 5) is 11.7. The van der Waals surface area contributed by atoms with Crippen LogP contribution in [0.15, 0.2) is 48.5 Å². The number of benzene rings is 2. The average molecular weight is 329 g/mol. The van der Waals surface area contributed by atoms with Crippen molar-refractivity contribution in [3.05, 3.63) is 59.7 Å². The molecule has 2 N–H and O–H groups in total. The number of methoxy groups -OCH3 is 1. The van der Waals surface area contributed by atoms with E-state index < -0.39 is 12.0 Å². The van der Waals surface area contributed by atoms with E-state index in [0.717, 1.165) is 11.1 Å². The Labute approximate surface area is 142 Å². The molecule has 0 aromatic heterocycles. The number of carbonyl (C=O) groups excluding carboxylic acids is 1. The molecule has 5 heteroatoms. The van der Waals surface area contributed by atoms with Crippen molar-refractivity contribution in [2.24, 2.45) is 5.73 Å². The van der Waals surface area contributed by atoms with E-state index in [1.54, 1.807) is 20.1 Å². The first-order valence-electron chi connectivity index (χ1n) is 7.90. The quantitative estimate of drug-likeness (QED) is 0.754. The summed E-state index contributed by atoms with van der Waals surface area (Å²) in [6, 6.07) is 14.7. The molecule has 24 heavy (non-hydrogen) atoms. The van der Waals surface area contributed by atoms with Crippen molar-refractivity contribution in [1.82, 2.24) is 0 Å². The lowest BCUT2D eigenvalue weighted by Gasteiger charge is -2.15. The Morgan fingerprint density at radius 3 is 2.58 bits per heavy atom. The van der Waals surface area contributed by atoms with E-state index in [1.807, 2.05) is 42.5 Å². The summed E-state index contributed by atoms with van der Waals surface area (Å²) < 4.78 is 16.1. The zero-order valence-electron chi connectivity index (χ0n) is 14.0. The minimum absolute atomic E-state index is 0.315. The fourth-order valence-corrected chi connectivity index (χ4v) is 2.29. The molecule has 128 valence electrons. The Balaban J connectivity index is 2.03.